The number of carbonyl (C=O) groups excluding carboxylic acids is 2. The van der Waals surface area contributed by atoms with Crippen LogP contribution in [0.1, 0.15) is 42.9 Å². The van der Waals surface area contributed by atoms with Gasteiger partial charge in [0.15, 0.2) is 6.04 Å². The maximum atomic E-state index is 12.7. The summed E-state index contributed by atoms with van der Waals surface area (Å²) in [4.78, 5) is 37.2. The Balaban J connectivity index is 1.26. The lowest BCUT2D eigenvalue weighted by atomic mass is 9.98. The predicted octanol–water partition coefficient (Wildman–Crippen LogP) is 4.50. The van der Waals surface area contributed by atoms with Gasteiger partial charge in [-0.2, -0.15) is 0 Å². The van der Waals surface area contributed by atoms with Crippen molar-refractivity contribution in [1.29, 1.82) is 0 Å². The van der Waals surface area contributed by atoms with Crippen LogP contribution in [-0.4, -0.2) is 61.1 Å². The van der Waals surface area contributed by atoms with Crippen LogP contribution < -0.4 is 10.6 Å². The number of fused-ring (bicyclic) bond motifs is 3. The fourth-order valence-electron chi connectivity index (χ4n) is 4.99. The van der Waals surface area contributed by atoms with E-state index < -0.39 is 36.2 Å². The average molecular weight is 561 g/mol. The summed E-state index contributed by atoms with van der Waals surface area (Å²) in [5, 5.41) is 14.9. The van der Waals surface area contributed by atoms with E-state index in [1.165, 1.54) is 0 Å². The minimum atomic E-state index is -1.25. The van der Waals surface area contributed by atoms with Crippen molar-refractivity contribution < 1.29 is 33.7 Å². The first kappa shape index (κ1) is 29.8. The molecule has 216 valence electrons. The van der Waals surface area contributed by atoms with Gasteiger partial charge in [0, 0.05) is 19.1 Å². The van der Waals surface area contributed by atoms with Gasteiger partial charge in [0.2, 0.25) is 5.91 Å². The van der Waals surface area contributed by atoms with E-state index in [4.69, 9.17) is 14.2 Å². The Morgan fingerprint density at radius 2 is 1.49 bits per heavy atom. The third kappa shape index (κ3) is 7.93. The van der Waals surface area contributed by atoms with Gasteiger partial charge < -0.3 is 30.0 Å². The smallest absolute Gasteiger partial charge is 0.407 e. The van der Waals surface area contributed by atoms with Crippen molar-refractivity contribution in [3.8, 4) is 11.1 Å². The summed E-state index contributed by atoms with van der Waals surface area (Å²) in [6.45, 7) is 4.09. The zero-order valence-electron chi connectivity index (χ0n) is 23.2. The molecule has 0 radical (unpaired) electrons. The molecule has 1 unspecified atom stereocenters. The number of carboxylic acids is 1. The van der Waals surface area contributed by atoms with Crippen LogP contribution >= 0.6 is 0 Å². The van der Waals surface area contributed by atoms with Crippen molar-refractivity contribution in [1.82, 2.24) is 10.6 Å². The number of hydrogen-bond donors (Lipinski definition) is 3. The van der Waals surface area contributed by atoms with Crippen LogP contribution in [0, 0.1) is 0 Å². The highest BCUT2D eigenvalue weighted by Crippen LogP contribution is 2.44. The molecule has 0 spiro atoms. The topological polar surface area (TPSA) is 123 Å². The van der Waals surface area contributed by atoms with Crippen LogP contribution in [0.5, 0.6) is 0 Å². The fraction of sp³-hybridized carbons (Fsp3) is 0.344. The molecule has 41 heavy (non-hydrogen) atoms. The third-order valence-electron chi connectivity index (χ3n) is 7.04. The normalized spacial score (nSPS) is 14.3. The summed E-state index contributed by atoms with van der Waals surface area (Å²) in [5.41, 5.74) is 5.39. The number of carboxylic acid groups (broad SMARTS) is 1. The van der Waals surface area contributed by atoms with Crippen LogP contribution in [0.25, 0.3) is 11.1 Å². The number of alkyl carbamates (subject to hydrolysis) is 1. The molecule has 2 amide bonds. The average Bonchev–Trinajstić information content (AvgIpc) is 3.30. The molecule has 9 nitrogen and oxygen atoms in total. The minimum Gasteiger partial charge on any atom is -0.480 e. The first-order valence-corrected chi connectivity index (χ1v) is 13.8. The molecular formula is C32H36N2O7. The van der Waals surface area contributed by atoms with Gasteiger partial charge in [-0.3, -0.25) is 4.79 Å². The minimum absolute atomic E-state index is 0.0235. The second kappa shape index (κ2) is 14.4. The van der Waals surface area contributed by atoms with E-state index in [1.54, 1.807) is 13.8 Å². The zero-order chi connectivity index (χ0) is 29.2. The standard InChI is InChI=1S/C32H36N2O7/c1-3-39-23(17-29(35)34-30(31(36)37)21(2)40-19-22-11-5-4-6-12-22)18-33-32(38)41-20-28-26-15-9-7-13-24(26)25-14-8-10-16-27(25)28/h4-16,21,23,28,30H,3,17-20H2,1-2H3,(H,33,38)(H,34,35)(H,36,37)/t21-,23?,30+/m1/s1. The Morgan fingerprint density at radius 3 is 2.10 bits per heavy atom. The first-order valence-electron chi connectivity index (χ1n) is 13.8. The number of ether oxygens (including phenoxy) is 3. The summed E-state index contributed by atoms with van der Waals surface area (Å²) in [7, 11) is 0. The lowest BCUT2D eigenvalue weighted by Crippen LogP contribution is -2.49. The molecule has 3 atom stereocenters. The Kier molecular flexibility index (Phi) is 10.5. The number of hydrogen-bond acceptors (Lipinski definition) is 6. The Bertz CT molecular complexity index is 1280. The number of rotatable bonds is 14. The van der Waals surface area contributed by atoms with Crippen molar-refractivity contribution in [2.75, 3.05) is 19.8 Å². The van der Waals surface area contributed by atoms with Crippen LogP contribution in [0.4, 0.5) is 4.79 Å². The van der Waals surface area contributed by atoms with Gasteiger partial charge in [0.1, 0.15) is 6.61 Å². The third-order valence-corrected chi connectivity index (χ3v) is 7.04. The lowest BCUT2D eigenvalue weighted by molar-refractivity contribution is -0.147. The Labute approximate surface area is 239 Å². The monoisotopic (exact) mass is 560 g/mol. The molecule has 0 saturated carbocycles. The number of benzene rings is 3. The molecule has 0 aliphatic heterocycles. The summed E-state index contributed by atoms with van der Waals surface area (Å²) in [6, 6.07) is 24.3. The first-order chi connectivity index (χ1) is 19.9. The Morgan fingerprint density at radius 1 is 0.878 bits per heavy atom. The largest absolute Gasteiger partial charge is 0.480 e. The van der Waals surface area contributed by atoms with Crippen molar-refractivity contribution in [3.05, 3.63) is 95.6 Å². The van der Waals surface area contributed by atoms with Gasteiger partial charge in [-0.1, -0.05) is 78.9 Å². The van der Waals surface area contributed by atoms with Crippen molar-refractivity contribution in [3.63, 3.8) is 0 Å². The van der Waals surface area contributed by atoms with Crippen molar-refractivity contribution >= 4 is 18.0 Å². The highest BCUT2D eigenvalue weighted by molar-refractivity contribution is 5.84. The summed E-state index contributed by atoms with van der Waals surface area (Å²) >= 11 is 0. The predicted molar refractivity (Wildman–Crippen MR) is 153 cm³/mol. The van der Waals surface area contributed by atoms with Crippen LogP contribution in [0.15, 0.2) is 78.9 Å². The molecular weight excluding hydrogens is 524 g/mol. The SMILES string of the molecule is CCOC(CNC(=O)OCC1c2ccccc2-c2ccccc21)CC(=O)N[C@H](C(=O)O)[C@@H](C)OCc1ccccc1. The molecule has 0 fully saturated rings. The summed E-state index contributed by atoms with van der Waals surface area (Å²) in [6.07, 6.45) is -2.22. The molecule has 9 heteroatoms. The van der Waals surface area contributed by atoms with E-state index in [0.717, 1.165) is 27.8 Å². The highest BCUT2D eigenvalue weighted by atomic mass is 16.5. The van der Waals surface area contributed by atoms with E-state index in [2.05, 4.69) is 22.8 Å². The maximum absolute atomic E-state index is 12.7. The molecule has 3 aromatic rings. The number of nitrogens with one attached hydrogen (secondary N) is 2. The summed E-state index contributed by atoms with van der Waals surface area (Å²) < 4.78 is 16.9. The van der Waals surface area contributed by atoms with Gasteiger partial charge in [-0.05, 0) is 41.7 Å². The van der Waals surface area contributed by atoms with Gasteiger partial charge in [0.25, 0.3) is 0 Å². The van der Waals surface area contributed by atoms with E-state index in [0.29, 0.717) is 6.61 Å². The second-order valence-electron chi connectivity index (χ2n) is 9.87. The van der Waals surface area contributed by atoms with Crippen molar-refractivity contribution in [2.45, 2.75) is 51.0 Å². The van der Waals surface area contributed by atoms with Crippen LogP contribution in [-0.2, 0) is 30.4 Å². The Hall–Kier alpha value is -4.21. The van der Waals surface area contributed by atoms with Crippen LogP contribution in [0.3, 0.4) is 0 Å². The number of amides is 2. The number of aliphatic carboxylic acids is 1. The molecule has 0 aromatic heterocycles. The van der Waals surface area contributed by atoms with E-state index in [1.807, 2.05) is 66.7 Å². The molecule has 0 bridgehead atoms. The molecule has 3 aromatic carbocycles. The van der Waals surface area contributed by atoms with Crippen molar-refractivity contribution in [2.24, 2.45) is 0 Å². The lowest BCUT2D eigenvalue weighted by Gasteiger charge is -2.23. The van der Waals surface area contributed by atoms with Gasteiger partial charge >= 0.3 is 12.1 Å². The van der Waals surface area contributed by atoms with E-state index >= 15 is 0 Å². The molecule has 0 saturated heterocycles. The molecule has 3 N–H and O–H groups in total. The molecule has 0 heterocycles. The highest BCUT2D eigenvalue weighted by Gasteiger charge is 2.30. The van der Waals surface area contributed by atoms with E-state index in [-0.39, 0.29) is 32.1 Å². The molecule has 4 rings (SSSR count). The van der Waals surface area contributed by atoms with Gasteiger partial charge in [-0.15, -0.1) is 0 Å². The summed E-state index contributed by atoms with van der Waals surface area (Å²) in [5.74, 6) is -1.80. The van der Waals surface area contributed by atoms with Crippen LogP contribution in [0.2, 0.25) is 0 Å². The molecule has 1 aliphatic rings. The second-order valence-corrected chi connectivity index (χ2v) is 9.87. The van der Waals surface area contributed by atoms with Gasteiger partial charge in [0.05, 0.1) is 25.2 Å². The quantitative estimate of drug-likeness (QED) is 0.265. The zero-order valence-corrected chi connectivity index (χ0v) is 23.2. The molecule has 1 aliphatic carbocycles. The number of carbonyl (C=O) groups is 3. The van der Waals surface area contributed by atoms with Gasteiger partial charge in [-0.25, -0.2) is 9.59 Å². The van der Waals surface area contributed by atoms with E-state index in [9.17, 15) is 19.5 Å². The maximum Gasteiger partial charge on any atom is 0.407 e. The fourth-order valence-corrected chi connectivity index (χ4v) is 4.99.